The van der Waals surface area contributed by atoms with Crippen molar-refractivity contribution in [2.45, 2.75) is 13.0 Å². The Labute approximate surface area is 112 Å². The number of carbonyl (C=O) groups excluding carboxylic acids is 1. The van der Waals surface area contributed by atoms with Gasteiger partial charge in [-0.15, -0.1) is 0 Å². The van der Waals surface area contributed by atoms with Gasteiger partial charge in [0.15, 0.2) is 0 Å². The van der Waals surface area contributed by atoms with E-state index < -0.39 is 0 Å². The smallest absolute Gasteiger partial charge is 0.224 e. The second-order valence-corrected chi connectivity index (χ2v) is 4.16. The lowest BCUT2D eigenvalue weighted by Gasteiger charge is -2.06. The van der Waals surface area contributed by atoms with Gasteiger partial charge in [0.25, 0.3) is 0 Å². The Kier molecular flexibility index (Phi) is 4.50. The van der Waals surface area contributed by atoms with Crippen LogP contribution in [-0.4, -0.2) is 18.0 Å². The molecule has 0 radical (unpaired) electrons. The number of aromatic nitrogens is 1. The number of hydrogen-bond acceptors (Lipinski definition) is 3. The van der Waals surface area contributed by atoms with Crippen LogP contribution in [0.25, 0.3) is 0 Å². The molecule has 0 aliphatic carbocycles. The third kappa shape index (κ3) is 4.10. The monoisotopic (exact) mass is 256 g/mol. The third-order valence-corrected chi connectivity index (χ3v) is 2.76. The molecule has 0 saturated carbocycles. The average molecular weight is 256 g/mol. The lowest BCUT2D eigenvalue weighted by Crippen LogP contribution is -2.24. The third-order valence-electron chi connectivity index (χ3n) is 2.76. The lowest BCUT2D eigenvalue weighted by atomic mass is 10.2. The van der Waals surface area contributed by atoms with Crippen molar-refractivity contribution in [3.8, 4) is 5.75 Å². The molecule has 0 atom stereocenters. The Balaban J connectivity index is 1.83. The zero-order valence-corrected chi connectivity index (χ0v) is 10.8. The van der Waals surface area contributed by atoms with E-state index in [2.05, 4.69) is 10.3 Å². The molecule has 0 bridgehead atoms. The summed E-state index contributed by atoms with van der Waals surface area (Å²) in [6.45, 7) is 0.522. The minimum absolute atomic E-state index is 0.00187. The number of ether oxygens (including phenoxy) is 1. The van der Waals surface area contributed by atoms with E-state index in [0.29, 0.717) is 13.0 Å². The van der Waals surface area contributed by atoms with Crippen LogP contribution in [0.1, 0.15) is 11.1 Å². The van der Waals surface area contributed by atoms with Crippen LogP contribution in [0, 0.1) is 0 Å². The van der Waals surface area contributed by atoms with Crippen molar-refractivity contribution in [3.63, 3.8) is 0 Å². The number of rotatable bonds is 5. The first-order valence-electron chi connectivity index (χ1n) is 6.06. The van der Waals surface area contributed by atoms with Gasteiger partial charge in [0, 0.05) is 18.9 Å². The fraction of sp³-hybridized carbons (Fsp3) is 0.200. The van der Waals surface area contributed by atoms with E-state index in [4.69, 9.17) is 4.74 Å². The highest BCUT2D eigenvalue weighted by molar-refractivity contribution is 5.78. The van der Waals surface area contributed by atoms with E-state index in [1.165, 1.54) is 0 Å². The summed E-state index contributed by atoms with van der Waals surface area (Å²) in [5.41, 5.74) is 2.01. The summed E-state index contributed by atoms with van der Waals surface area (Å²) >= 11 is 0. The number of benzene rings is 1. The number of methoxy groups -OCH3 is 1. The molecule has 1 N–H and O–H groups in total. The minimum Gasteiger partial charge on any atom is -0.497 e. The van der Waals surface area contributed by atoms with Gasteiger partial charge in [-0.2, -0.15) is 0 Å². The van der Waals surface area contributed by atoms with Crippen molar-refractivity contribution in [1.82, 2.24) is 10.3 Å². The number of nitrogens with one attached hydrogen (secondary N) is 1. The fourth-order valence-electron chi connectivity index (χ4n) is 1.69. The molecule has 0 aliphatic heterocycles. The molecule has 0 unspecified atom stereocenters. The van der Waals surface area contributed by atoms with Crippen LogP contribution < -0.4 is 10.1 Å². The van der Waals surface area contributed by atoms with Gasteiger partial charge in [-0.1, -0.05) is 12.1 Å². The van der Waals surface area contributed by atoms with E-state index in [-0.39, 0.29) is 5.91 Å². The molecule has 4 heteroatoms. The van der Waals surface area contributed by atoms with Crippen molar-refractivity contribution < 1.29 is 9.53 Å². The number of amides is 1. The number of nitrogens with zero attached hydrogens (tertiary/aromatic N) is 1. The standard InChI is InChI=1S/C15H16N2O2/c1-19-14-4-2-13(3-5-14)11-17-15(18)10-12-6-8-16-9-7-12/h2-9H,10-11H2,1H3,(H,17,18). The maximum Gasteiger partial charge on any atom is 0.224 e. The number of carbonyl (C=O) groups is 1. The molecule has 1 heterocycles. The quantitative estimate of drug-likeness (QED) is 0.889. The van der Waals surface area contributed by atoms with Crippen molar-refractivity contribution >= 4 is 5.91 Å². The predicted molar refractivity (Wildman–Crippen MR) is 72.8 cm³/mol. The maximum atomic E-state index is 11.8. The molecule has 98 valence electrons. The van der Waals surface area contributed by atoms with Crippen molar-refractivity contribution in [3.05, 3.63) is 59.9 Å². The summed E-state index contributed by atoms with van der Waals surface area (Å²) in [5, 5.41) is 2.88. The second kappa shape index (κ2) is 6.54. The van der Waals surface area contributed by atoms with Crippen LogP contribution in [0.4, 0.5) is 0 Å². The molecular weight excluding hydrogens is 240 g/mol. The van der Waals surface area contributed by atoms with Crippen LogP contribution in [0.5, 0.6) is 5.75 Å². The molecule has 2 rings (SSSR count). The molecule has 1 aromatic carbocycles. The molecule has 0 aliphatic rings. The molecule has 2 aromatic rings. The minimum atomic E-state index is 0.00187. The average Bonchev–Trinajstić information content (AvgIpc) is 2.47. The zero-order valence-electron chi connectivity index (χ0n) is 10.8. The molecule has 1 aromatic heterocycles. The molecule has 4 nitrogen and oxygen atoms in total. The molecule has 19 heavy (non-hydrogen) atoms. The Morgan fingerprint density at radius 3 is 2.42 bits per heavy atom. The Morgan fingerprint density at radius 1 is 1.11 bits per heavy atom. The predicted octanol–water partition coefficient (Wildman–Crippen LogP) is 1.95. The molecular formula is C15H16N2O2. The van der Waals surface area contributed by atoms with Crippen LogP contribution in [0.2, 0.25) is 0 Å². The van der Waals surface area contributed by atoms with Gasteiger partial charge >= 0.3 is 0 Å². The number of pyridine rings is 1. The Morgan fingerprint density at radius 2 is 1.79 bits per heavy atom. The molecule has 0 spiro atoms. The number of hydrogen-bond donors (Lipinski definition) is 1. The van der Waals surface area contributed by atoms with Gasteiger partial charge in [0.1, 0.15) is 5.75 Å². The van der Waals surface area contributed by atoms with Crippen molar-refractivity contribution in [1.29, 1.82) is 0 Å². The van der Waals surface area contributed by atoms with Gasteiger partial charge in [0.05, 0.1) is 13.5 Å². The summed E-state index contributed by atoms with van der Waals surface area (Å²) in [6, 6.07) is 11.3. The van der Waals surface area contributed by atoms with Crippen molar-refractivity contribution in [2.75, 3.05) is 7.11 Å². The first-order chi connectivity index (χ1) is 9.28. The first kappa shape index (κ1) is 13.1. The fourth-order valence-corrected chi connectivity index (χ4v) is 1.69. The summed E-state index contributed by atoms with van der Waals surface area (Å²) in [6.07, 6.45) is 3.75. The van der Waals surface area contributed by atoms with E-state index in [1.54, 1.807) is 19.5 Å². The van der Waals surface area contributed by atoms with Crippen LogP contribution >= 0.6 is 0 Å². The summed E-state index contributed by atoms with van der Waals surface area (Å²) in [4.78, 5) is 15.7. The molecule has 0 fully saturated rings. The Bertz CT molecular complexity index is 524. The maximum absolute atomic E-state index is 11.8. The van der Waals surface area contributed by atoms with E-state index >= 15 is 0 Å². The molecule has 1 amide bonds. The summed E-state index contributed by atoms with van der Waals surface area (Å²) in [7, 11) is 1.63. The largest absolute Gasteiger partial charge is 0.497 e. The van der Waals surface area contributed by atoms with Crippen molar-refractivity contribution in [2.24, 2.45) is 0 Å². The highest BCUT2D eigenvalue weighted by atomic mass is 16.5. The van der Waals surface area contributed by atoms with Gasteiger partial charge in [0.2, 0.25) is 5.91 Å². The lowest BCUT2D eigenvalue weighted by molar-refractivity contribution is -0.120. The van der Waals surface area contributed by atoms with Crippen LogP contribution in [-0.2, 0) is 17.8 Å². The highest BCUT2D eigenvalue weighted by Crippen LogP contribution is 2.10. The van der Waals surface area contributed by atoms with Gasteiger partial charge in [-0.25, -0.2) is 0 Å². The van der Waals surface area contributed by atoms with Crippen LogP contribution in [0.3, 0.4) is 0 Å². The van der Waals surface area contributed by atoms with Gasteiger partial charge in [-0.3, -0.25) is 9.78 Å². The first-order valence-corrected chi connectivity index (χ1v) is 6.06. The normalized spacial score (nSPS) is 9.95. The summed E-state index contributed by atoms with van der Waals surface area (Å²) in [5.74, 6) is 0.814. The topological polar surface area (TPSA) is 51.2 Å². The van der Waals surface area contributed by atoms with Gasteiger partial charge in [-0.05, 0) is 35.4 Å². The van der Waals surface area contributed by atoms with E-state index in [1.807, 2.05) is 36.4 Å². The molecule has 0 saturated heterocycles. The SMILES string of the molecule is COc1ccc(CNC(=O)Cc2ccncc2)cc1. The van der Waals surface area contributed by atoms with Crippen LogP contribution in [0.15, 0.2) is 48.8 Å². The second-order valence-electron chi connectivity index (χ2n) is 4.16. The highest BCUT2D eigenvalue weighted by Gasteiger charge is 2.03. The van der Waals surface area contributed by atoms with E-state index in [0.717, 1.165) is 16.9 Å². The Hall–Kier alpha value is -2.36. The van der Waals surface area contributed by atoms with E-state index in [9.17, 15) is 4.79 Å². The summed E-state index contributed by atoms with van der Waals surface area (Å²) < 4.78 is 5.08. The zero-order chi connectivity index (χ0) is 13.5. The van der Waals surface area contributed by atoms with Gasteiger partial charge < -0.3 is 10.1 Å².